The van der Waals surface area contributed by atoms with E-state index in [1.54, 1.807) is 17.4 Å². The van der Waals surface area contributed by atoms with Crippen molar-refractivity contribution in [1.82, 2.24) is 15.2 Å². The van der Waals surface area contributed by atoms with Crippen LogP contribution in [0.15, 0.2) is 42.1 Å². The van der Waals surface area contributed by atoms with Crippen molar-refractivity contribution < 1.29 is 19.1 Å². The van der Waals surface area contributed by atoms with Crippen LogP contribution in [0.25, 0.3) is 11.1 Å². The second-order valence-electron chi connectivity index (χ2n) is 8.68. The zero-order valence-electron chi connectivity index (χ0n) is 19.6. The predicted octanol–water partition coefficient (Wildman–Crippen LogP) is 4.23. The SMILES string of the molecule is Cc1cc(/C=C2\NC(=O)NC2=O)c(C)n1-c1sc2c(c1OCC(=O)Nc1ccccc1)CCCC2. The van der Waals surface area contributed by atoms with Crippen LogP contribution >= 0.6 is 11.3 Å². The first-order valence-electron chi connectivity index (χ1n) is 11.6. The van der Waals surface area contributed by atoms with Crippen LogP contribution in [0.5, 0.6) is 5.75 Å². The lowest BCUT2D eigenvalue weighted by molar-refractivity contribution is -0.118. The zero-order valence-corrected chi connectivity index (χ0v) is 20.4. The van der Waals surface area contributed by atoms with Gasteiger partial charge in [0.2, 0.25) is 0 Å². The number of imide groups is 1. The van der Waals surface area contributed by atoms with E-state index in [4.69, 9.17) is 4.74 Å². The molecule has 35 heavy (non-hydrogen) atoms. The lowest BCUT2D eigenvalue weighted by Crippen LogP contribution is -2.22. The summed E-state index contributed by atoms with van der Waals surface area (Å²) in [4.78, 5) is 37.4. The smallest absolute Gasteiger partial charge is 0.326 e. The van der Waals surface area contributed by atoms with Crippen LogP contribution in [0.4, 0.5) is 10.5 Å². The topological polar surface area (TPSA) is 101 Å². The van der Waals surface area contributed by atoms with Crippen LogP contribution in [0.3, 0.4) is 0 Å². The molecule has 1 aromatic carbocycles. The molecule has 0 spiro atoms. The lowest BCUT2D eigenvalue weighted by Gasteiger charge is -2.15. The number of hydrogen-bond acceptors (Lipinski definition) is 5. The quantitative estimate of drug-likeness (QED) is 0.355. The fourth-order valence-corrected chi connectivity index (χ4v) is 6.00. The number of amides is 4. The fourth-order valence-electron chi connectivity index (χ4n) is 4.56. The Morgan fingerprint density at radius 3 is 2.66 bits per heavy atom. The molecule has 3 heterocycles. The monoisotopic (exact) mass is 490 g/mol. The van der Waals surface area contributed by atoms with Gasteiger partial charge in [0.05, 0.1) is 0 Å². The van der Waals surface area contributed by atoms with E-state index in [0.717, 1.165) is 59.1 Å². The van der Waals surface area contributed by atoms with E-state index in [0.29, 0.717) is 0 Å². The Kier molecular flexibility index (Phi) is 6.17. The fraction of sp³-hybridized carbons (Fsp3) is 0.269. The molecule has 1 saturated heterocycles. The van der Waals surface area contributed by atoms with Crippen LogP contribution < -0.4 is 20.7 Å². The van der Waals surface area contributed by atoms with Gasteiger partial charge in [0, 0.05) is 27.5 Å². The number of urea groups is 1. The number of aryl methyl sites for hydroxylation is 2. The number of ether oxygens (including phenoxy) is 1. The van der Waals surface area contributed by atoms with Gasteiger partial charge in [-0.1, -0.05) is 18.2 Å². The van der Waals surface area contributed by atoms with Crippen LogP contribution in [-0.4, -0.2) is 29.0 Å². The van der Waals surface area contributed by atoms with Gasteiger partial charge in [-0.05, 0) is 69.4 Å². The van der Waals surface area contributed by atoms with Crippen LogP contribution in [-0.2, 0) is 22.4 Å². The summed E-state index contributed by atoms with van der Waals surface area (Å²) >= 11 is 1.69. The molecule has 3 N–H and O–H groups in total. The Balaban J connectivity index is 1.46. The summed E-state index contributed by atoms with van der Waals surface area (Å²) in [7, 11) is 0. The first-order chi connectivity index (χ1) is 16.9. The number of nitrogens with zero attached hydrogens (tertiary/aromatic N) is 1. The van der Waals surface area contributed by atoms with E-state index in [-0.39, 0.29) is 18.2 Å². The van der Waals surface area contributed by atoms with E-state index in [1.807, 2.05) is 50.2 Å². The van der Waals surface area contributed by atoms with Crippen LogP contribution in [0.2, 0.25) is 0 Å². The molecule has 4 amide bonds. The van der Waals surface area contributed by atoms with Crippen molar-refractivity contribution in [3.8, 4) is 10.8 Å². The molecule has 5 rings (SSSR count). The van der Waals surface area contributed by atoms with Crippen molar-refractivity contribution in [3.63, 3.8) is 0 Å². The van der Waals surface area contributed by atoms with Crippen molar-refractivity contribution in [2.45, 2.75) is 39.5 Å². The molecule has 2 aliphatic rings. The second kappa shape index (κ2) is 9.42. The number of thiophene rings is 1. The van der Waals surface area contributed by atoms with Crippen molar-refractivity contribution in [2.75, 3.05) is 11.9 Å². The number of carbonyl (C=O) groups is 3. The molecule has 3 aromatic rings. The van der Waals surface area contributed by atoms with E-state index < -0.39 is 11.9 Å². The second-order valence-corrected chi connectivity index (χ2v) is 9.76. The Labute approximate surface area is 207 Å². The van der Waals surface area contributed by atoms with Crippen molar-refractivity contribution in [1.29, 1.82) is 0 Å². The standard InChI is InChI=1S/C26H26N4O4S/c1-15-12-17(13-20-24(32)29-26(33)28-20)16(2)30(15)25-23(19-10-6-7-11-21(19)35-25)34-14-22(31)27-18-8-4-3-5-9-18/h3-5,8-9,12-13H,6-7,10-11,14H2,1-2H3,(H,27,31)(H2,28,29,32,33)/b20-13-. The van der Waals surface area contributed by atoms with Gasteiger partial charge >= 0.3 is 6.03 Å². The maximum atomic E-state index is 12.6. The molecule has 0 atom stereocenters. The van der Waals surface area contributed by atoms with E-state index in [9.17, 15) is 14.4 Å². The van der Waals surface area contributed by atoms with Crippen LogP contribution in [0, 0.1) is 13.8 Å². The highest BCUT2D eigenvalue weighted by molar-refractivity contribution is 7.15. The maximum absolute atomic E-state index is 12.6. The summed E-state index contributed by atoms with van der Waals surface area (Å²) in [5, 5.41) is 8.57. The molecular formula is C26H26N4O4S. The summed E-state index contributed by atoms with van der Waals surface area (Å²) in [5.74, 6) is 0.0907. The largest absolute Gasteiger partial charge is 0.480 e. The van der Waals surface area contributed by atoms with Gasteiger partial charge in [-0.2, -0.15) is 0 Å². The molecule has 2 aromatic heterocycles. The van der Waals surface area contributed by atoms with Gasteiger partial charge in [-0.15, -0.1) is 11.3 Å². The molecule has 0 bridgehead atoms. The summed E-state index contributed by atoms with van der Waals surface area (Å²) in [6.07, 6.45) is 5.82. The predicted molar refractivity (Wildman–Crippen MR) is 135 cm³/mol. The zero-order chi connectivity index (χ0) is 24.5. The maximum Gasteiger partial charge on any atom is 0.326 e. The molecule has 1 aliphatic heterocycles. The molecule has 1 aliphatic carbocycles. The number of anilines is 1. The molecule has 0 unspecified atom stereocenters. The van der Waals surface area contributed by atoms with E-state index in [2.05, 4.69) is 20.5 Å². The normalized spacial score (nSPS) is 16.1. The van der Waals surface area contributed by atoms with E-state index >= 15 is 0 Å². The molecule has 1 fully saturated rings. The minimum atomic E-state index is -0.523. The number of benzene rings is 1. The third-order valence-corrected chi connectivity index (χ3v) is 7.46. The third kappa shape index (κ3) is 4.59. The van der Waals surface area contributed by atoms with Gasteiger partial charge in [0.25, 0.3) is 11.8 Å². The Bertz CT molecular complexity index is 1350. The number of para-hydroxylation sites is 1. The number of hydrogen-bond donors (Lipinski definition) is 3. The lowest BCUT2D eigenvalue weighted by atomic mass is 9.98. The minimum Gasteiger partial charge on any atom is -0.480 e. The third-order valence-electron chi connectivity index (χ3n) is 6.20. The Hall–Kier alpha value is -3.85. The average molecular weight is 491 g/mol. The number of rotatable bonds is 6. The number of aromatic nitrogens is 1. The molecule has 180 valence electrons. The van der Waals surface area contributed by atoms with Gasteiger partial charge in [-0.3, -0.25) is 14.9 Å². The van der Waals surface area contributed by atoms with E-state index in [1.165, 1.54) is 10.4 Å². The highest BCUT2D eigenvalue weighted by atomic mass is 32.1. The van der Waals surface area contributed by atoms with Gasteiger partial charge in [0.15, 0.2) is 12.4 Å². The molecular weight excluding hydrogens is 464 g/mol. The molecule has 0 radical (unpaired) electrons. The summed E-state index contributed by atoms with van der Waals surface area (Å²) < 4.78 is 8.29. The first-order valence-corrected chi connectivity index (χ1v) is 12.4. The highest BCUT2D eigenvalue weighted by Gasteiger charge is 2.27. The van der Waals surface area contributed by atoms with Crippen molar-refractivity contribution >= 4 is 40.9 Å². The summed E-state index contributed by atoms with van der Waals surface area (Å²) in [5.41, 5.74) is 4.84. The first kappa shape index (κ1) is 22.9. The Morgan fingerprint density at radius 1 is 1.14 bits per heavy atom. The summed E-state index contributed by atoms with van der Waals surface area (Å²) in [6, 6.07) is 10.8. The molecule has 0 saturated carbocycles. The number of nitrogens with one attached hydrogen (secondary N) is 3. The minimum absolute atomic E-state index is 0.0897. The average Bonchev–Trinajstić information content (AvgIpc) is 3.45. The highest BCUT2D eigenvalue weighted by Crippen LogP contribution is 2.44. The van der Waals surface area contributed by atoms with Crippen LogP contribution in [0.1, 0.15) is 40.2 Å². The van der Waals surface area contributed by atoms with Crippen molar-refractivity contribution in [2.24, 2.45) is 0 Å². The van der Waals surface area contributed by atoms with Gasteiger partial charge < -0.3 is 19.9 Å². The Morgan fingerprint density at radius 2 is 1.91 bits per heavy atom. The summed E-state index contributed by atoms with van der Waals surface area (Å²) in [6.45, 7) is 3.87. The van der Waals surface area contributed by atoms with Crippen molar-refractivity contribution in [3.05, 3.63) is 69.5 Å². The number of fused-ring (bicyclic) bond motifs is 1. The molecule has 9 heteroatoms. The molecule has 8 nitrogen and oxygen atoms in total. The number of carbonyl (C=O) groups excluding carboxylic acids is 3. The van der Waals surface area contributed by atoms with Gasteiger partial charge in [0.1, 0.15) is 10.7 Å². The van der Waals surface area contributed by atoms with Gasteiger partial charge in [-0.25, -0.2) is 4.79 Å².